The van der Waals surface area contributed by atoms with Gasteiger partial charge in [-0.3, -0.25) is 9.48 Å². The molecule has 3 aromatic rings. The molecular formula is C23H27N3O3S. The van der Waals surface area contributed by atoms with Crippen molar-refractivity contribution in [1.82, 2.24) is 14.5 Å². The highest BCUT2D eigenvalue weighted by atomic mass is 32.2. The Morgan fingerprint density at radius 1 is 1.00 bits per heavy atom. The van der Waals surface area contributed by atoms with Gasteiger partial charge in [0.2, 0.25) is 0 Å². The second kappa shape index (κ2) is 8.07. The fourth-order valence-corrected chi connectivity index (χ4v) is 4.15. The second-order valence-corrected chi connectivity index (χ2v) is 10.1. The van der Waals surface area contributed by atoms with E-state index in [4.69, 9.17) is 0 Å². The van der Waals surface area contributed by atoms with Crippen LogP contribution in [0.3, 0.4) is 0 Å². The molecule has 1 heterocycles. The molecule has 1 N–H and O–H groups in total. The number of carbonyl (C=O) groups excluding carboxylic acids is 1. The predicted molar refractivity (Wildman–Crippen MR) is 117 cm³/mol. The number of hydrogen-bond acceptors (Lipinski definition) is 4. The zero-order valence-corrected chi connectivity index (χ0v) is 18.7. The average molecular weight is 426 g/mol. The molecule has 2 aromatic carbocycles. The Labute approximate surface area is 178 Å². The van der Waals surface area contributed by atoms with E-state index in [1.165, 1.54) is 12.1 Å². The summed E-state index contributed by atoms with van der Waals surface area (Å²) in [5, 5.41) is 4.64. The molecule has 30 heavy (non-hydrogen) atoms. The molecule has 1 amide bonds. The lowest BCUT2D eigenvalue weighted by atomic mass is 9.92. The van der Waals surface area contributed by atoms with Gasteiger partial charge >= 0.3 is 0 Å². The van der Waals surface area contributed by atoms with E-state index in [2.05, 4.69) is 9.82 Å². The van der Waals surface area contributed by atoms with Crippen LogP contribution in [0.5, 0.6) is 0 Å². The van der Waals surface area contributed by atoms with Crippen LogP contribution in [-0.2, 0) is 22.0 Å². The van der Waals surface area contributed by atoms with E-state index in [1.807, 2.05) is 52.8 Å². The first-order valence-electron chi connectivity index (χ1n) is 9.74. The van der Waals surface area contributed by atoms with E-state index in [1.54, 1.807) is 28.9 Å². The number of aryl methyl sites for hydroxylation is 2. The average Bonchev–Trinajstić information content (AvgIpc) is 3.10. The van der Waals surface area contributed by atoms with Gasteiger partial charge in [-0.15, -0.1) is 0 Å². The number of sulfonamides is 1. The summed E-state index contributed by atoms with van der Waals surface area (Å²) in [6.07, 6.45) is 0. The minimum Gasteiger partial charge on any atom is -0.266 e. The molecule has 6 nitrogen and oxygen atoms in total. The molecule has 0 fully saturated rings. The number of amides is 1. The fraction of sp³-hybridized carbons (Fsp3) is 0.304. The Kier molecular flexibility index (Phi) is 5.85. The molecule has 0 unspecified atom stereocenters. The summed E-state index contributed by atoms with van der Waals surface area (Å²) < 4.78 is 29.0. The zero-order valence-electron chi connectivity index (χ0n) is 17.9. The van der Waals surface area contributed by atoms with Gasteiger partial charge in [-0.05, 0) is 48.7 Å². The molecule has 1 aromatic heterocycles. The second-order valence-electron chi connectivity index (χ2n) is 8.44. The van der Waals surface area contributed by atoms with Crippen LogP contribution in [0.25, 0.3) is 0 Å². The lowest BCUT2D eigenvalue weighted by Crippen LogP contribution is -2.32. The highest BCUT2D eigenvalue weighted by Crippen LogP contribution is 2.24. The first kappa shape index (κ1) is 21.8. The molecule has 0 saturated carbocycles. The molecule has 0 atom stereocenters. The fourth-order valence-electron chi connectivity index (χ4n) is 3.17. The van der Waals surface area contributed by atoms with Crippen LogP contribution in [0, 0.1) is 13.8 Å². The van der Waals surface area contributed by atoms with Crippen LogP contribution >= 0.6 is 0 Å². The van der Waals surface area contributed by atoms with E-state index in [0.29, 0.717) is 6.54 Å². The van der Waals surface area contributed by atoms with Gasteiger partial charge in [0, 0.05) is 5.41 Å². The maximum Gasteiger partial charge on any atom is 0.283 e. The first-order valence-corrected chi connectivity index (χ1v) is 11.2. The summed E-state index contributed by atoms with van der Waals surface area (Å²) in [4.78, 5) is 13.0. The van der Waals surface area contributed by atoms with Crippen molar-refractivity contribution in [3.05, 3.63) is 82.7 Å². The summed E-state index contributed by atoms with van der Waals surface area (Å²) in [5.41, 5.74) is 3.87. The quantitative estimate of drug-likeness (QED) is 0.671. The van der Waals surface area contributed by atoms with Gasteiger partial charge in [0.15, 0.2) is 0 Å². The number of nitrogens with one attached hydrogen (secondary N) is 1. The smallest absolute Gasteiger partial charge is 0.266 e. The Morgan fingerprint density at radius 3 is 2.17 bits per heavy atom. The normalized spacial score (nSPS) is 12.0. The number of nitrogens with zero attached hydrogens (tertiary/aromatic N) is 2. The topological polar surface area (TPSA) is 81.1 Å². The molecule has 0 bridgehead atoms. The lowest BCUT2D eigenvalue weighted by molar-refractivity contribution is 0.0971. The van der Waals surface area contributed by atoms with Crippen LogP contribution in [0.2, 0.25) is 0 Å². The monoisotopic (exact) mass is 425 g/mol. The minimum atomic E-state index is -3.98. The minimum absolute atomic E-state index is 0.0372. The van der Waals surface area contributed by atoms with Gasteiger partial charge in [0.05, 0.1) is 17.1 Å². The van der Waals surface area contributed by atoms with Crippen LogP contribution in [0.15, 0.2) is 59.5 Å². The van der Waals surface area contributed by atoms with E-state index < -0.39 is 15.9 Å². The van der Waals surface area contributed by atoms with Crippen molar-refractivity contribution in [3.8, 4) is 0 Å². The van der Waals surface area contributed by atoms with Gasteiger partial charge in [0.25, 0.3) is 15.9 Å². The van der Waals surface area contributed by atoms with Gasteiger partial charge in [0.1, 0.15) is 5.69 Å². The predicted octanol–water partition coefficient (Wildman–Crippen LogP) is 3.96. The first-order chi connectivity index (χ1) is 14.0. The van der Waals surface area contributed by atoms with E-state index in [9.17, 15) is 13.2 Å². The molecule has 3 rings (SSSR count). The van der Waals surface area contributed by atoms with Crippen molar-refractivity contribution in [1.29, 1.82) is 0 Å². The highest BCUT2D eigenvalue weighted by Gasteiger charge is 2.26. The summed E-state index contributed by atoms with van der Waals surface area (Å²) >= 11 is 0. The molecule has 0 spiro atoms. The largest absolute Gasteiger partial charge is 0.283 e. The van der Waals surface area contributed by atoms with Crippen LogP contribution in [-0.4, -0.2) is 24.1 Å². The zero-order chi connectivity index (χ0) is 22.1. The van der Waals surface area contributed by atoms with Crippen LogP contribution in [0.4, 0.5) is 0 Å². The lowest BCUT2D eigenvalue weighted by Gasteiger charge is -2.15. The molecule has 7 heteroatoms. The Morgan fingerprint density at radius 2 is 1.60 bits per heavy atom. The summed E-state index contributed by atoms with van der Waals surface area (Å²) in [5.74, 6) is -0.701. The number of hydrogen-bond donors (Lipinski definition) is 1. The van der Waals surface area contributed by atoms with Gasteiger partial charge in [-0.2, -0.15) is 5.10 Å². The maximum atomic E-state index is 13.0. The summed E-state index contributed by atoms with van der Waals surface area (Å²) in [6.45, 7) is 10.4. The van der Waals surface area contributed by atoms with Gasteiger partial charge in [-0.25, -0.2) is 13.1 Å². The van der Waals surface area contributed by atoms with E-state index in [0.717, 1.165) is 22.4 Å². The number of benzene rings is 2. The molecule has 0 aliphatic carbocycles. The van der Waals surface area contributed by atoms with E-state index in [-0.39, 0.29) is 16.0 Å². The van der Waals surface area contributed by atoms with Crippen molar-refractivity contribution in [2.75, 3.05) is 0 Å². The standard InChI is InChI=1S/C23H27N3O3S/c1-16-10-9-11-17(2)19(16)15-26-20(14-21(24-26)23(3,4)5)22(27)25-30(28,29)18-12-7-6-8-13-18/h6-14H,15H2,1-5H3,(H,25,27). The van der Waals surface area contributed by atoms with Gasteiger partial charge < -0.3 is 0 Å². The van der Waals surface area contributed by atoms with Crippen molar-refractivity contribution in [2.45, 2.75) is 51.5 Å². The maximum absolute atomic E-state index is 13.0. The Bertz CT molecular complexity index is 1150. The third kappa shape index (κ3) is 4.62. The third-order valence-corrected chi connectivity index (χ3v) is 6.36. The Hall–Kier alpha value is -2.93. The SMILES string of the molecule is Cc1cccc(C)c1Cn1nc(C(C)(C)C)cc1C(=O)NS(=O)(=O)c1ccccc1. The van der Waals surface area contributed by atoms with E-state index >= 15 is 0 Å². The molecule has 0 saturated heterocycles. The third-order valence-electron chi connectivity index (χ3n) is 5.01. The van der Waals surface area contributed by atoms with Gasteiger partial charge in [-0.1, -0.05) is 57.2 Å². The van der Waals surface area contributed by atoms with Crippen molar-refractivity contribution >= 4 is 15.9 Å². The Balaban J connectivity index is 2.01. The molecule has 0 aliphatic rings. The molecule has 0 aliphatic heterocycles. The summed E-state index contributed by atoms with van der Waals surface area (Å²) in [7, 11) is -3.98. The number of rotatable bonds is 5. The molecule has 158 valence electrons. The van der Waals surface area contributed by atoms with Crippen LogP contribution in [0.1, 0.15) is 53.6 Å². The molecule has 0 radical (unpaired) electrons. The summed E-state index contributed by atoms with van der Waals surface area (Å²) in [6, 6.07) is 15.5. The van der Waals surface area contributed by atoms with Crippen LogP contribution < -0.4 is 4.72 Å². The van der Waals surface area contributed by atoms with Crippen molar-refractivity contribution < 1.29 is 13.2 Å². The highest BCUT2D eigenvalue weighted by molar-refractivity contribution is 7.90. The molecular weight excluding hydrogens is 398 g/mol. The number of carbonyl (C=O) groups is 1. The van der Waals surface area contributed by atoms with Crippen molar-refractivity contribution in [2.24, 2.45) is 0 Å². The number of aromatic nitrogens is 2. The van der Waals surface area contributed by atoms with Crippen molar-refractivity contribution in [3.63, 3.8) is 0 Å².